The van der Waals surface area contributed by atoms with Crippen molar-refractivity contribution in [2.45, 2.75) is 0 Å². The van der Waals surface area contributed by atoms with E-state index in [1.807, 2.05) is 36.4 Å². The van der Waals surface area contributed by atoms with Gasteiger partial charge in [-0.25, -0.2) is 0 Å². The zero-order valence-electron chi connectivity index (χ0n) is 74.6. The summed E-state index contributed by atoms with van der Waals surface area (Å²) >= 11 is 0. The lowest BCUT2D eigenvalue weighted by atomic mass is 9.99. The summed E-state index contributed by atoms with van der Waals surface area (Å²) in [5.74, 6) is 0. The Morgan fingerprint density at radius 1 is 0.130 bits per heavy atom. The van der Waals surface area contributed by atoms with Crippen molar-refractivity contribution in [2.75, 3.05) is 0 Å². The number of benzene rings is 23. The fourth-order valence-electron chi connectivity index (χ4n) is 23.0. The normalized spacial score (nSPS) is 12.1. The molecule has 8 nitrogen and oxygen atoms in total. The molecule has 31 aromatic rings. The van der Waals surface area contributed by atoms with Crippen LogP contribution >= 0.6 is 0 Å². The molecule has 0 bridgehead atoms. The van der Waals surface area contributed by atoms with Crippen LogP contribution in [-0.4, -0.2) is 22.8 Å². The molecule has 0 fully saturated rings. The van der Waals surface area contributed by atoms with Crippen LogP contribution in [-0.2, 0) is 0 Å². The van der Waals surface area contributed by atoms with Crippen LogP contribution in [0.25, 0.3) is 280 Å². The zero-order chi connectivity index (χ0) is 90.3. The molecule has 0 unspecified atom stereocenters. The van der Waals surface area contributed by atoms with Crippen LogP contribution in [0.2, 0.25) is 0 Å². The van der Waals surface area contributed by atoms with Crippen molar-refractivity contribution < 1.29 is 13.3 Å². The molecule has 8 heteroatoms. The lowest BCUT2D eigenvalue weighted by Crippen LogP contribution is -1.96. The molecule has 31 rings (SSSR count). The topological polar surface area (TPSA) is 64.1 Å². The Labute approximate surface area is 789 Å². The molecule has 0 atom stereocenters. The molecule has 0 aliphatic rings. The minimum atomic E-state index is 0.906. The average Bonchev–Trinajstić information content (AvgIpc) is 1.54. The minimum Gasteiger partial charge on any atom is -0.456 e. The first-order valence-corrected chi connectivity index (χ1v) is 47.2. The Bertz CT molecular complexity index is 10400. The van der Waals surface area contributed by atoms with E-state index in [0.29, 0.717) is 0 Å². The highest BCUT2D eigenvalue weighted by Gasteiger charge is 2.28. The largest absolute Gasteiger partial charge is 0.456 e. The lowest BCUT2D eigenvalue weighted by Gasteiger charge is -2.12. The molecule has 8 aromatic heterocycles. The molecule has 0 aliphatic carbocycles. The van der Waals surface area contributed by atoms with Crippen molar-refractivity contribution in [3.63, 3.8) is 0 Å². The second-order valence-corrected chi connectivity index (χ2v) is 36.4. The molecule has 8 heterocycles. The van der Waals surface area contributed by atoms with E-state index < -0.39 is 0 Å². The number of para-hydroxylation sites is 7. The van der Waals surface area contributed by atoms with Crippen LogP contribution in [0.5, 0.6) is 0 Å². The Morgan fingerprint density at radius 2 is 0.435 bits per heavy atom. The molecule has 0 amide bonds. The van der Waals surface area contributed by atoms with Crippen LogP contribution in [0.15, 0.2) is 492 Å². The maximum atomic E-state index is 6.28. The first-order valence-electron chi connectivity index (χ1n) is 47.2. The number of rotatable bonds is 8. The van der Waals surface area contributed by atoms with E-state index >= 15 is 0 Å². The van der Waals surface area contributed by atoms with Crippen molar-refractivity contribution in [1.82, 2.24) is 22.8 Å². The summed E-state index contributed by atoms with van der Waals surface area (Å²) in [4.78, 5) is 0. The molecule has 0 spiro atoms. The standard InChI is InChI=1S/2C46H28N2O.C38H23NO/c1-2-14-31(15-3-1)47-40-27-26-36-35-18-6-8-21-39(35)48(46(36)44(40)38-25-24-29-12-4-5-17-34(29)45(38)47)32-16-10-13-30(28-32)33-20-11-23-42-43(33)37-19-7-9-22-41(37)49-42;1-2-14-31(15-3-1)48-40-27-26-39-44(45(40)37-25-24-29-12-4-5-17-34(29)46(37)48)35-18-6-8-21-38(35)47(39)32-16-10-13-30(28-32)33-20-11-23-42-43(33)36-19-7-9-22-41(36)49-42;1-3-11-26-22-34-32(20-24(26)9-1)33-21-25-10-2-4-12-27(25)23-35(33)39(34)29-14-7-13-28(19-29)30-16-8-18-37-38(30)31-15-5-6-17-36(31)40-37/h2*1-28H;1-23H. The molecule has 0 saturated heterocycles. The van der Waals surface area contributed by atoms with Gasteiger partial charge in [0.1, 0.15) is 33.5 Å². The smallest absolute Gasteiger partial charge is 0.136 e. The van der Waals surface area contributed by atoms with E-state index in [0.717, 1.165) is 105 Å². The molecule has 642 valence electrons. The number of hydrogen-bond acceptors (Lipinski definition) is 3. The molecule has 23 aromatic carbocycles. The van der Waals surface area contributed by atoms with Crippen LogP contribution < -0.4 is 0 Å². The lowest BCUT2D eigenvalue weighted by molar-refractivity contribution is 0.668. The Balaban J connectivity index is 0.000000100. The highest BCUT2D eigenvalue weighted by molar-refractivity contribution is 6.33. The summed E-state index contributed by atoms with van der Waals surface area (Å²) in [5.41, 5.74) is 30.3. The second-order valence-electron chi connectivity index (χ2n) is 36.4. The third-order valence-electron chi connectivity index (χ3n) is 28.9. The maximum absolute atomic E-state index is 6.28. The molecule has 138 heavy (non-hydrogen) atoms. The van der Waals surface area contributed by atoms with Gasteiger partial charge in [0.25, 0.3) is 0 Å². The van der Waals surface area contributed by atoms with Crippen molar-refractivity contribution in [3.8, 4) is 61.8 Å². The van der Waals surface area contributed by atoms with Gasteiger partial charge in [0.05, 0.1) is 55.2 Å². The summed E-state index contributed by atoms with van der Waals surface area (Å²) in [6.07, 6.45) is 0. The number of aromatic nitrogens is 5. The second kappa shape index (κ2) is 30.5. The van der Waals surface area contributed by atoms with E-state index in [2.05, 4.69) is 466 Å². The van der Waals surface area contributed by atoms with Gasteiger partial charge in [0, 0.05) is 125 Å². The summed E-state index contributed by atoms with van der Waals surface area (Å²) in [6, 6.07) is 173. The van der Waals surface area contributed by atoms with Gasteiger partial charge in [-0.2, -0.15) is 0 Å². The van der Waals surface area contributed by atoms with Gasteiger partial charge in [-0.1, -0.05) is 328 Å². The van der Waals surface area contributed by atoms with Crippen molar-refractivity contribution >= 4 is 218 Å². The monoisotopic (exact) mass is 1760 g/mol. The summed E-state index contributed by atoms with van der Waals surface area (Å²) < 4.78 is 31.0. The third-order valence-corrected chi connectivity index (χ3v) is 28.9. The van der Waals surface area contributed by atoms with E-state index in [1.165, 1.54) is 174 Å². The molecule has 0 aliphatic heterocycles. The summed E-state index contributed by atoms with van der Waals surface area (Å²) in [5, 5.41) is 29.5. The van der Waals surface area contributed by atoms with Gasteiger partial charge in [-0.05, 0) is 217 Å². The maximum Gasteiger partial charge on any atom is 0.136 e. The Hall–Kier alpha value is -18.5. The number of nitrogens with zero attached hydrogens (tertiary/aromatic N) is 5. The van der Waals surface area contributed by atoms with Gasteiger partial charge >= 0.3 is 0 Å². The summed E-state index contributed by atoms with van der Waals surface area (Å²) in [7, 11) is 0. The Morgan fingerprint density at radius 3 is 0.899 bits per heavy atom. The van der Waals surface area contributed by atoms with E-state index in [1.54, 1.807) is 0 Å². The highest BCUT2D eigenvalue weighted by Crippen LogP contribution is 2.50. The zero-order valence-corrected chi connectivity index (χ0v) is 74.6. The van der Waals surface area contributed by atoms with Crippen molar-refractivity contribution in [1.29, 1.82) is 0 Å². The van der Waals surface area contributed by atoms with Gasteiger partial charge in [-0.15, -0.1) is 0 Å². The summed E-state index contributed by atoms with van der Waals surface area (Å²) in [6.45, 7) is 0. The van der Waals surface area contributed by atoms with Crippen LogP contribution in [0, 0.1) is 0 Å². The number of furan rings is 3. The number of fused-ring (bicyclic) bond motifs is 32. The Kier molecular flexibility index (Phi) is 17.1. The van der Waals surface area contributed by atoms with Gasteiger partial charge in [0.2, 0.25) is 0 Å². The van der Waals surface area contributed by atoms with Crippen LogP contribution in [0.4, 0.5) is 0 Å². The molecule has 0 saturated carbocycles. The van der Waals surface area contributed by atoms with E-state index in [-0.39, 0.29) is 0 Å². The quantitative estimate of drug-likeness (QED) is 0.152. The average molecular weight is 1760 g/mol. The minimum absolute atomic E-state index is 0.906. The fraction of sp³-hybridized carbons (Fsp3) is 0. The predicted octanol–water partition coefficient (Wildman–Crippen LogP) is 35.9. The molecule has 0 N–H and O–H groups in total. The van der Waals surface area contributed by atoms with Crippen LogP contribution in [0.1, 0.15) is 0 Å². The SMILES string of the molecule is c1cc(-c2cccc3oc4ccccc4c23)cc(-n2c3cc4ccccc4cc3c3cc4ccccc4cc32)c1.c1ccc(-n2c3ccc4c(c5ccccc5n4-c4cccc(-c5cccc6oc7ccccc7c56)c4)c3c3ccc4ccccc4c32)cc1.c1ccc(-n2c3ccc4c5ccccc5n(-c5cccc(-c6cccc7oc8ccccc8c67)c5)c4c3c3ccc4ccccc4c32)cc1. The first-order chi connectivity index (χ1) is 68.5. The van der Waals surface area contributed by atoms with Crippen molar-refractivity contribution in [3.05, 3.63) is 479 Å². The van der Waals surface area contributed by atoms with Gasteiger partial charge < -0.3 is 36.1 Å². The molecular weight excluding hydrogens is 1680 g/mol. The third kappa shape index (κ3) is 11.7. The van der Waals surface area contributed by atoms with Gasteiger partial charge in [0.15, 0.2) is 0 Å². The fourth-order valence-corrected chi connectivity index (χ4v) is 23.0. The first kappa shape index (κ1) is 77.1. The van der Waals surface area contributed by atoms with Gasteiger partial charge in [-0.3, -0.25) is 0 Å². The van der Waals surface area contributed by atoms with E-state index in [9.17, 15) is 0 Å². The van der Waals surface area contributed by atoms with E-state index in [4.69, 9.17) is 13.3 Å². The number of hydrogen-bond donors (Lipinski definition) is 0. The molecule has 0 radical (unpaired) electrons. The molecular formula is C130H79N5O3. The predicted molar refractivity (Wildman–Crippen MR) is 579 cm³/mol. The highest BCUT2D eigenvalue weighted by atomic mass is 16.3. The van der Waals surface area contributed by atoms with Crippen molar-refractivity contribution in [2.24, 2.45) is 0 Å². The van der Waals surface area contributed by atoms with Crippen LogP contribution in [0.3, 0.4) is 0 Å².